The Hall–Kier alpha value is -2.06. The number of hydrogen-bond donors (Lipinski definition) is 2. The topological polar surface area (TPSA) is 72.5 Å². The molecule has 0 saturated carbocycles. The van der Waals surface area contributed by atoms with E-state index < -0.39 is 0 Å². The van der Waals surface area contributed by atoms with Crippen molar-refractivity contribution in [2.45, 2.75) is 6.54 Å². The maximum atomic E-state index is 12.5. The van der Waals surface area contributed by atoms with Crippen molar-refractivity contribution >= 4 is 21.6 Å². The van der Waals surface area contributed by atoms with Crippen molar-refractivity contribution in [2.24, 2.45) is 0 Å². The van der Waals surface area contributed by atoms with Gasteiger partial charge in [-0.05, 0) is 11.6 Å². The van der Waals surface area contributed by atoms with E-state index in [0.29, 0.717) is 11.9 Å². The van der Waals surface area contributed by atoms with Crippen LogP contribution < -0.4 is 5.56 Å². The molecule has 3 aromatic rings. The fraction of sp³-hybridized carbons (Fsp3) is 0.368. The molecule has 0 radical (unpaired) electrons. The third-order valence-electron chi connectivity index (χ3n) is 4.76. The molecule has 1 aliphatic rings. The van der Waals surface area contributed by atoms with Crippen LogP contribution in [0.5, 0.6) is 0 Å². The minimum Gasteiger partial charge on any atom is -0.395 e. The van der Waals surface area contributed by atoms with Gasteiger partial charge in [0.25, 0.3) is 5.56 Å². The maximum absolute atomic E-state index is 12.5. The van der Waals surface area contributed by atoms with Crippen LogP contribution >= 0.6 is 11.3 Å². The van der Waals surface area contributed by atoms with Crippen LogP contribution in [-0.4, -0.2) is 64.2 Å². The average molecular weight is 370 g/mol. The summed E-state index contributed by atoms with van der Waals surface area (Å²) in [6, 6.07) is 12.0. The van der Waals surface area contributed by atoms with Crippen molar-refractivity contribution < 1.29 is 5.11 Å². The van der Waals surface area contributed by atoms with Gasteiger partial charge in [-0.3, -0.25) is 14.6 Å². The largest absolute Gasteiger partial charge is 0.395 e. The van der Waals surface area contributed by atoms with Gasteiger partial charge in [0, 0.05) is 37.6 Å². The number of nitrogens with zero attached hydrogens (tertiary/aromatic N) is 3. The molecular formula is C19H22N4O2S. The number of rotatable bonds is 5. The van der Waals surface area contributed by atoms with Gasteiger partial charge >= 0.3 is 0 Å². The highest BCUT2D eigenvalue weighted by atomic mass is 32.1. The predicted octanol–water partition coefficient (Wildman–Crippen LogP) is 1.76. The second-order valence-electron chi connectivity index (χ2n) is 6.55. The Morgan fingerprint density at radius 1 is 1.12 bits per heavy atom. The molecule has 0 spiro atoms. The van der Waals surface area contributed by atoms with Crippen LogP contribution in [0.1, 0.15) is 5.82 Å². The van der Waals surface area contributed by atoms with Crippen molar-refractivity contribution in [3.63, 3.8) is 0 Å². The van der Waals surface area contributed by atoms with Crippen LogP contribution in [0, 0.1) is 0 Å². The van der Waals surface area contributed by atoms with Gasteiger partial charge < -0.3 is 10.1 Å². The maximum Gasteiger partial charge on any atom is 0.259 e. The molecule has 1 saturated heterocycles. The SMILES string of the molecule is O=c1[nH]c(CN2CCN(CCO)CC2)nc2sc(-c3ccccc3)cc12. The number of hydrogen-bond acceptors (Lipinski definition) is 6. The second-order valence-corrected chi connectivity index (χ2v) is 7.58. The first-order valence-electron chi connectivity index (χ1n) is 8.86. The molecule has 3 heterocycles. The van der Waals surface area contributed by atoms with Crippen molar-refractivity contribution in [1.29, 1.82) is 0 Å². The summed E-state index contributed by atoms with van der Waals surface area (Å²) in [5.74, 6) is 0.722. The minimum atomic E-state index is -0.0673. The second kappa shape index (κ2) is 7.67. The number of H-pyrrole nitrogens is 1. The lowest BCUT2D eigenvalue weighted by molar-refractivity contribution is 0.107. The smallest absolute Gasteiger partial charge is 0.259 e. The first-order valence-corrected chi connectivity index (χ1v) is 9.68. The van der Waals surface area contributed by atoms with Crippen LogP contribution in [0.2, 0.25) is 0 Å². The summed E-state index contributed by atoms with van der Waals surface area (Å²) in [5, 5.41) is 9.69. The van der Waals surface area contributed by atoms with E-state index in [-0.39, 0.29) is 12.2 Å². The molecule has 0 amide bonds. The Labute approximate surface area is 155 Å². The van der Waals surface area contributed by atoms with Crippen LogP contribution in [0.15, 0.2) is 41.2 Å². The zero-order chi connectivity index (χ0) is 17.9. The van der Waals surface area contributed by atoms with Crippen molar-refractivity contribution in [3.8, 4) is 10.4 Å². The summed E-state index contributed by atoms with van der Waals surface area (Å²) in [4.78, 5) is 26.5. The standard InChI is InChI=1S/C19H22N4O2S/c24-11-10-22-6-8-23(9-7-22)13-17-20-18(25)15-12-16(26-19(15)21-17)14-4-2-1-3-5-14/h1-5,12,24H,6-11,13H2,(H,20,21,25). The molecule has 0 bridgehead atoms. The van der Waals surface area contributed by atoms with Gasteiger partial charge in [0.1, 0.15) is 10.7 Å². The first-order chi connectivity index (χ1) is 12.7. The number of β-amino-alcohol motifs (C(OH)–C–C–N with tert-alkyl or cyclic N) is 1. The number of piperazine rings is 1. The van der Waals surface area contributed by atoms with E-state index in [1.807, 2.05) is 36.4 Å². The number of nitrogens with one attached hydrogen (secondary N) is 1. The number of benzene rings is 1. The van der Waals surface area contributed by atoms with Gasteiger partial charge in [-0.25, -0.2) is 4.98 Å². The molecule has 7 heteroatoms. The van der Waals surface area contributed by atoms with Gasteiger partial charge in [0.05, 0.1) is 18.5 Å². The van der Waals surface area contributed by atoms with Gasteiger partial charge in [-0.1, -0.05) is 30.3 Å². The predicted molar refractivity (Wildman–Crippen MR) is 104 cm³/mol. The zero-order valence-corrected chi connectivity index (χ0v) is 15.3. The van der Waals surface area contributed by atoms with Crippen molar-refractivity contribution in [1.82, 2.24) is 19.8 Å². The van der Waals surface area contributed by atoms with Gasteiger partial charge in [0.2, 0.25) is 0 Å². The average Bonchev–Trinajstić information content (AvgIpc) is 3.09. The number of fused-ring (bicyclic) bond motifs is 1. The fourth-order valence-corrected chi connectivity index (χ4v) is 4.38. The summed E-state index contributed by atoms with van der Waals surface area (Å²) < 4.78 is 0. The lowest BCUT2D eigenvalue weighted by Crippen LogP contribution is -2.46. The number of aliphatic hydroxyl groups excluding tert-OH is 1. The lowest BCUT2D eigenvalue weighted by Gasteiger charge is -2.33. The van der Waals surface area contributed by atoms with Gasteiger partial charge in [0.15, 0.2) is 0 Å². The molecule has 1 aliphatic heterocycles. The minimum absolute atomic E-state index is 0.0673. The lowest BCUT2D eigenvalue weighted by atomic mass is 10.2. The highest BCUT2D eigenvalue weighted by Crippen LogP contribution is 2.30. The van der Waals surface area contributed by atoms with E-state index in [0.717, 1.165) is 53.8 Å². The highest BCUT2D eigenvalue weighted by molar-refractivity contribution is 7.21. The zero-order valence-electron chi connectivity index (χ0n) is 14.5. The summed E-state index contributed by atoms with van der Waals surface area (Å²) in [7, 11) is 0. The van der Waals surface area contributed by atoms with Crippen LogP contribution in [-0.2, 0) is 6.54 Å². The van der Waals surface area contributed by atoms with E-state index in [4.69, 9.17) is 10.1 Å². The van der Waals surface area contributed by atoms with E-state index >= 15 is 0 Å². The number of thiophene rings is 1. The van der Waals surface area contributed by atoms with E-state index in [1.165, 1.54) is 0 Å². The number of aromatic nitrogens is 2. The van der Waals surface area contributed by atoms with Gasteiger partial charge in [-0.2, -0.15) is 0 Å². The third kappa shape index (κ3) is 3.71. The van der Waals surface area contributed by atoms with E-state index in [9.17, 15) is 4.79 Å². The van der Waals surface area contributed by atoms with Gasteiger partial charge in [-0.15, -0.1) is 11.3 Å². The Kier molecular flexibility index (Phi) is 5.12. The van der Waals surface area contributed by atoms with Crippen molar-refractivity contribution in [3.05, 3.63) is 52.6 Å². The highest BCUT2D eigenvalue weighted by Gasteiger charge is 2.18. The molecule has 6 nitrogen and oxygen atoms in total. The Balaban J connectivity index is 1.53. The molecule has 0 atom stereocenters. The molecule has 2 aromatic heterocycles. The fourth-order valence-electron chi connectivity index (χ4n) is 3.32. The van der Waals surface area contributed by atoms with Crippen LogP contribution in [0.3, 0.4) is 0 Å². The monoisotopic (exact) mass is 370 g/mol. The molecule has 136 valence electrons. The number of aromatic amines is 1. The van der Waals surface area contributed by atoms with E-state index in [2.05, 4.69) is 14.8 Å². The van der Waals surface area contributed by atoms with Crippen molar-refractivity contribution in [2.75, 3.05) is 39.3 Å². The first kappa shape index (κ1) is 17.4. The molecule has 0 aliphatic carbocycles. The van der Waals surface area contributed by atoms with E-state index in [1.54, 1.807) is 11.3 Å². The third-order valence-corrected chi connectivity index (χ3v) is 5.84. The van der Waals surface area contributed by atoms with Crippen LogP contribution in [0.4, 0.5) is 0 Å². The Morgan fingerprint density at radius 2 is 1.85 bits per heavy atom. The summed E-state index contributed by atoms with van der Waals surface area (Å²) in [5.41, 5.74) is 1.04. The summed E-state index contributed by atoms with van der Waals surface area (Å²) in [6.07, 6.45) is 0. The molecule has 2 N–H and O–H groups in total. The Morgan fingerprint density at radius 3 is 2.58 bits per heavy atom. The molecule has 1 aromatic carbocycles. The van der Waals surface area contributed by atoms with Crippen LogP contribution in [0.25, 0.3) is 20.7 Å². The Bertz CT molecular complexity index is 930. The number of aliphatic hydroxyl groups is 1. The molecule has 1 fully saturated rings. The molecule has 26 heavy (non-hydrogen) atoms. The summed E-state index contributed by atoms with van der Waals surface area (Å²) >= 11 is 1.56. The molecule has 4 rings (SSSR count). The molecule has 0 unspecified atom stereocenters. The quantitative estimate of drug-likeness (QED) is 0.716. The normalized spacial score (nSPS) is 16.3. The summed E-state index contributed by atoms with van der Waals surface area (Å²) in [6.45, 7) is 5.29. The molecular weight excluding hydrogens is 348 g/mol.